The Hall–Kier alpha value is -0.750. The summed E-state index contributed by atoms with van der Waals surface area (Å²) in [6, 6.07) is 7.55. The van der Waals surface area contributed by atoms with Crippen molar-refractivity contribution in [2.45, 2.75) is 19.5 Å². The normalized spacial score (nSPS) is 11.9. The summed E-state index contributed by atoms with van der Waals surface area (Å²) in [6.07, 6.45) is -3.42. The van der Waals surface area contributed by atoms with Crippen LogP contribution in [0, 0.1) is 0 Å². The maximum atomic E-state index is 12.4. The van der Waals surface area contributed by atoms with Crippen molar-refractivity contribution >= 4 is 21.6 Å². The molecule has 1 rings (SSSR count). The van der Waals surface area contributed by atoms with Crippen LogP contribution in [0.3, 0.4) is 0 Å². The van der Waals surface area contributed by atoms with Gasteiger partial charge < -0.3 is 5.32 Å². The molecular formula is C13H18BrF3N2. The SMILES string of the molecule is CCCN(CCNc1ccccc1Br)CC(F)(F)F. The summed E-state index contributed by atoms with van der Waals surface area (Å²) < 4.78 is 38.0. The Morgan fingerprint density at radius 1 is 1.21 bits per heavy atom. The zero-order valence-corrected chi connectivity index (χ0v) is 12.4. The molecule has 0 aliphatic carbocycles. The van der Waals surface area contributed by atoms with Crippen LogP contribution in [0.25, 0.3) is 0 Å². The second-order valence-corrected chi connectivity index (χ2v) is 5.15. The maximum absolute atomic E-state index is 12.4. The van der Waals surface area contributed by atoms with Crippen LogP contribution >= 0.6 is 15.9 Å². The van der Waals surface area contributed by atoms with Gasteiger partial charge >= 0.3 is 6.18 Å². The van der Waals surface area contributed by atoms with E-state index >= 15 is 0 Å². The second kappa shape index (κ2) is 7.75. The Labute approximate surface area is 120 Å². The topological polar surface area (TPSA) is 15.3 Å². The van der Waals surface area contributed by atoms with E-state index in [2.05, 4.69) is 21.2 Å². The van der Waals surface area contributed by atoms with Crippen molar-refractivity contribution < 1.29 is 13.2 Å². The van der Waals surface area contributed by atoms with E-state index in [4.69, 9.17) is 0 Å². The zero-order chi connectivity index (χ0) is 14.3. The van der Waals surface area contributed by atoms with E-state index in [0.717, 1.165) is 10.2 Å². The number of rotatable bonds is 7. The van der Waals surface area contributed by atoms with Crippen LogP contribution in [0.15, 0.2) is 28.7 Å². The fourth-order valence-corrected chi connectivity index (χ4v) is 2.22. The van der Waals surface area contributed by atoms with Crippen molar-refractivity contribution in [3.05, 3.63) is 28.7 Å². The van der Waals surface area contributed by atoms with E-state index in [1.165, 1.54) is 4.90 Å². The van der Waals surface area contributed by atoms with E-state index in [1.807, 2.05) is 31.2 Å². The Kier molecular flexibility index (Phi) is 6.65. The van der Waals surface area contributed by atoms with Crippen LogP contribution in [-0.2, 0) is 0 Å². The lowest BCUT2D eigenvalue weighted by molar-refractivity contribution is -0.145. The van der Waals surface area contributed by atoms with Gasteiger partial charge in [-0.1, -0.05) is 19.1 Å². The molecule has 2 nitrogen and oxygen atoms in total. The maximum Gasteiger partial charge on any atom is 0.401 e. The molecule has 108 valence electrons. The van der Waals surface area contributed by atoms with Crippen LogP contribution in [0.4, 0.5) is 18.9 Å². The minimum Gasteiger partial charge on any atom is -0.383 e. The first-order valence-corrected chi connectivity index (χ1v) is 6.99. The average molecular weight is 339 g/mol. The minimum absolute atomic E-state index is 0.370. The summed E-state index contributed by atoms with van der Waals surface area (Å²) in [5, 5.41) is 3.13. The summed E-state index contributed by atoms with van der Waals surface area (Å²) in [6.45, 7) is 2.34. The quantitative estimate of drug-likeness (QED) is 0.803. The molecule has 0 heterocycles. The van der Waals surface area contributed by atoms with Gasteiger partial charge in [0, 0.05) is 23.2 Å². The van der Waals surface area contributed by atoms with E-state index in [9.17, 15) is 13.2 Å². The number of anilines is 1. The van der Waals surface area contributed by atoms with Crippen molar-refractivity contribution in [1.29, 1.82) is 0 Å². The van der Waals surface area contributed by atoms with Crippen LogP contribution in [-0.4, -0.2) is 37.3 Å². The standard InChI is InChI=1S/C13H18BrF3N2/c1-2-8-19(10-13(15,16)17)9-7-18-12-6-4-3-5-11(12)14/h3-6,18H,2,7-10H2,1H3. The molecular weight excluding hydrogens is 321 g/mol. The second-order valence-electron chi connectivity index (χ2n) is 4.30. The van der Waals surface area contributed by atoms with E-state index in [1.54, 1.807) is 0 Å². The predicted octanol–water partition coefficient (Wildman–Crippen LogP) is 4.14. The van der Waals surface area contributed by atoms with Crippen molar-refractivity contribution in [2.75, 3.05) is 31.5 Å². The third-order valence-corrected chi connectivity index (χ3v) is 3.25. The highest BCUT2D eigenvalue weighted by Gasteiger charge is 2.30. The first-order valence-electron chi connectivity index (χ1n) is 6.20. The molecule has 6 heteroatoms. The van der Waals surface area contributed by atoms with Crippen LogP contribution in [0.2, 0.25) is 0 Å². The fourth-order valence-electron chi connectivity index (χ4n) is 1.79. The van der Waals surface area contributed by atoms with Crippen molar-refractivity contribution in [3.8, 4) is 0 Å². The third-order valence-electron chi connectivity index (χ3n) is 2.56. The third kappa shape index (κ3) is 6.82. The Morgan fingerprint density at radius 3 is 2.47 bits per heavy atom. The smallest absolute Gasteiger partial charge is 0.383 e. The van der Waals surface area contributed by atoms with Crippen molar-refractivity contribution in [1.82, 2.24) is 4.90 Å². The summed E-state index contributed by atoms with van der Waals surface area (Å²) in [5.41, 5.74) is 0.894. The first kappa shape index (κ1) is 16.3. The number of halogens is 4. The molecule has 1 aromatic rings. The van der Waals surface area contributed by atoms with Gasteiger partial charge in [0.25, 0.3) is 0 Å². The van der Waals surface area contributed by atoms with Gasteiger partial charge in [0.1, 0.15) is 0 Å². The van der Waals surface area contributed by atoms with Crippen LogP contribution in [0.5, 0.6) is 0 Å². The van der Waals surface area contributed by atoms with E-state index < -0.39 is 12.7 Å². The number of nitrogens with zero attached hydrogens (tertiary/aromatic N) is 1. The van der Waals surface area contributed by atoms with Gasteiger partial charge in [0.15, 0.2) is 0 Å². The molecule has 0 aromatic heterocycles. The summed E-state index contributed by atoms with van der Waals surface area (Å²) in [5.74, 6) is 0. The van der Waals surface area contributed by atoms with Crippen LogP contribution < -0.4 is 5.32 Å². The molecule has 0 aliphatic heterocycles. The molecule has 0 saturated heterocycles. The predicted molar refractivity (Wildman–Crippen MR) is 75.4 cm³/mol. The molecule has 0 spiro atoms. The van der Waals surface area contributed by atoms with Crippen LogP contribution in [0.1, 0.15) is 13.3 Å². The average Bonchev–Trinajstić information content (AvgIpc) is 2.30. The Morgan fingerprint density at radius 2 is 1.89 bits per heavy atom. The summed E-state index contributed by atoms with van der Waals surface area (Å²) >= 11 is 3.39. The Bertz CT molecular complexity index is 382. The molecule has 0 amide bonds. The van der Waals surface area contributed by atoms with Crippen molar-refractivity contribution in [3.63, 3.8) is 0 Å². The molecule has 1 aromatic carbocycles. The lowest BCUT2D eigenvalue weighted by Gasteiger charge is -2.23. The molecule has 0 bridgehead atoms. The number of alkyl halides is 3. The van der Waals surface area contributed by atoms with Gasteiger partial charge in [-0.15, -0.1) is 0 Å². The van der Waals surface area contributed by atoms with Gasteiger partial charge in [-0.3, -0.25) is 4.90 Å². The van der Waals surface area contributed by atoms with Gasteiger partial charge in [0.2, 0.25) is 0 Å². The van der Waals surface area contributed by atoms with Gasteiger partial charge in [-0.05, 0) is 41.0 Å². The Balaban J connectivity index is 2.42. The molecule has 1 N–H and O–H groups in total. The lowest BCUT2D eigenvalue weighted by atomic mass is 10.3. The molecule has 0 saturated carbocycles. The van der Waals surface area contributed by atoms with E-state index in [0.29, 0.717) is 26.1 Å². The highest BCUT2D eigenvalue weighted by atomic mass is 79.9. The minimum atomic E-state index is -4.14. The molecule has 0 unspecified atom stereocenters. The number of nitrogens with one attached hydrogen (secondary N) is 1. The first-order chi connectivity index (χ1) is 8.92. The van der Waals surface area contributed by atoms with Crippen molar-refractivity contribution in [2.24, 2.45) is 0 Å². The fraction of sp³-hybridized carbons (Fsp3) is 0.538. The zero-order valence-electron chi connectivity index (χ0n) is 10.8. The number of benzene rings is 1. The summed E-state index contributed by atoms with van der Waals surface area (Å²) in [7, 11) is 0. The molecule has 0 fully saturated rings. The summed E-state index contributed by atoms with van der Waals surface area (Å²) in [4.78, 5) is 1.42. The molecule has 0 atom stereocenters. The van der Waals surface area contributed by atoms with E-state index in [-0.39, 0.29) is 0 Å². The molecule has 0 aliphatic rings. The number of hydrogen-bond donors (Lipinski definition) is 1. The largest absolute Gasteiger partial charge is 0.401 e. The monoisotopic (exact) mass is 338 g/mol. The number of hydrogen-bond acceptors (Lipinski definition) is 2. The number of para-hydroxylation sites is 1. The van der Waals surface area contributed by atoms with Gasteiger partial charge in [-0.25, -0.2) is 0 Å². The lowest BCUT2D eigenvalue weighted by Crippen LogP contribution is -2.37. The molecule has 19 heavy (non-hydrogen) atoms. The highest BCUT2D eigenvalue weighted by Crippen LogP contribution is 2.21. The molecule has 0 radical (unpaired) electrons. The highest BCUT2D eigenvalue weighted by molar-refractivity contribution is 9.10. The van der Waals surface area contributed by atoms with Gasteiger partial charge in [0.05, 0.1) is 6.54 Å². The van der Waals surface area contributed by atoms with Gasteiger partial charge in [-0.2, -0.15) is 13.2 Å².